The number of likely N-dealkylation sites (tertiary alicyclic amines) is 1. The van der Waals surface area contributed by atoms with Gasteiger partial charge in [0.05, 0.1) is 17.8 Å². The van der Waals surface area contributed by atoms with E-state index in [1.165, 1.54) is 12.1 Å². The number of amides is 1. The summed E-state index contributed by atoms with van der Waals surface area (Å²) in [6.07, 6.45) is 3.11. The molecule has 29 heavy (non-hydrogen) atoms. The van der Waals surface area contributed by atoms with Crippen molar-refractivity contribution >= 4 is 5.91 Å². The van der Waals surface area contributed by atoms with Crippen molar-refractivity contribution in [2.45, 2.75) is 25.2 Å². The second kappa shape index (κ2) is 8.34. The first kappa shape index (κ1) is 19.0. The van der Waals surface area contributed by atoms with Gasteiger partial charge in [0, 0.05) is 31.3 Å². The number of pyridine rings is 1. The molecule has 7 heteroatoms. The summed E-state index contributed by atoms with van der Waals surface area (Å²) in [4.78, 5) is 38.1. The van der Waals surface area contributed by atoms with Crippen LogP contribution in [0.15, 0.2) is 59.5 Å². The fourth-order valence-electron chi connectivity index (χ4n) is 3.63. The van der Waals surface area contributed by atoms with Crippen LogP contribution in [0, 0.1) is 5.82 Å². The molecule has 148 valence electrons. The second-order valence-electron chi connectivity index (χ2n) is 7.15. The van der Waals surface area contributed by atoms with E-state index in [4.69, 9.17) is 0 Å². The normalized spacial score (nSPS) is 14.7. The van der Waals surface area contributed by atoms with Gasteiger partial charge in [-0.15, -0.1) is 0 Å². The number of aromatic amines is 1. The smallest absolute Gasteiger partial charge is 0.251 e. The lowest BCUT2D eigenvalue weighted by molar-refractivity contribution is -0.131. The maximum absolute atomic E-state index is 13.8. The van der Waals surface area contributed by atoms with Crippen LogP contribution in [0.5, 0.6) is 0 Å². The topological polar surface area (TPSA) is 79.0 Å². The lowest BCUT2D eigenvalue weighted by Gasteiger charge is -2.31. The number of nitrogens with zero attached hydrogens (tertiary/aromatic N) is 3. The fraction of sp³-hybridized carbons (Fsp3) is 0.273. The first-order valence-electron chi connectivity index (χ1n) is 9.64. The number of carbonyl (C=O) groups excluding carboxylic acids is 1. The molecule has 0 spiro atoms. The summed E-state index contributed by atoms with van der Waals surface area (Å²) < 4.78 is 13.8. The van der Waals surface area contributed by atoms with E-state index in [1.54, 1.807) is 29.3 Å². The zero-order valence-corrected chi connectivity index (χ0v) is 15.8. The first-order chi connectivity index (χ1) is 14.1. The van der Waals surface area contributed by atoms with E-state index in [2.05, 4.69) is 15.0 Å². The van der Waals surface area contributed by atoms with Crippen molar-refractivity contribution in [3.05, 3.63) is 82.3 Å². The zero-order chi connectivity index (χ0) is 20.2. The Morgan fingerprint density at radius 3 is 2.59 bits per heavy atom. The maximum Gasteiger partial charge on any atom is 0.251 e. The molecule has 0 bridgehead atoms. The maximum atomic E-state index is 13.8. The standard InChI is InChI=1S/C22H21FN4O2/c23-17-6-2-1-5-16(17)13-21(29)27-11-8-15(9-12-27)22-25-19(14-20(28)26-22)18-7-3-4-10-24-18/h1-7,10,14-15H,8-9,11-13H2,(H,25,26,28). The monoisotopic (exact) mass is 392 g/mol. The predicted octanol–water partition coefficient (Wildman–Crippen LogP) is 2.92. The minimum absolute atomic E-state index is 0.0571. The molecule has 1 saturated heterocycles. The van der Waals surface area contributed by atoms with E-state index in [0.717, 1.165) is 0 Å². The molecule has 1 aliphatic rings. The Morgan fingerprint density at radius 1 is 1.10 bits per heavy atom. The summed E-state index contributed by atoms with van der Waals surface area (Å²) in [6.45, 7) is 1.10. The van der Waals surface area contributed by atoms with Crippen LogP contribution in [0.2, 0.25) is 0 Å². The van der Waals surface area contributed by atoms with Gasteiger partial charge in [0.15, 0.2) is 0 Å². The number of rotatable bonds is 4. The summed E-state index contributed by atoms with van der Waals surface area (Å²) in [6, 6.07) is 13.3. The molecule has 0 unspecified atom stereocenters. The van der Waals surface area contributed by atoms with Crippen LogP contribution in [0.3, 0.4) is 0 Å². The Morgan fingerprint density at radius 2 is 1.86 bits per heavy atom. The number of halogens is 1. The van der Waals surface area contributed by atoms with Crippen molar-refractivity contribution in [1.29, 1.82) is 0 Å². The van der Waals surface area contributed by atoms with Gasteiger partial charge >= 0.3 is 0 Å². The minimum Gasteiger partial charge on any atom is -0.342 e. The number of nitrogens with one attached hydrogen (secondary N) is 1. The van der Waals surface area contributed by atoms with Crippen LogP contribution in [0.1, 0.15) is 30.1 Å². The van der Waals surface area contributed by atoms with E-state index < -0.39 is 0 Å². The van der Waals surface area contributed by atoms with Gasteiger partial charge in [-0.1, -0.05) is 24.3 Å². The van der Waals surface area contributed by atoms with Crippen molar-refractivity contribution < 1.29 is 9.18 Å². The Labute approximate surface area is 167 Å². The van der Waals surface area contributed by atoms with Crippen molar-refractivity contribution in [1.82, 2.24) is 19.9 Å². The molecule has 1 aliphatic heterocycles. The van der Waals surface area contributed by atoms with Gasteiger partial charge in [-0.3, -0.25) is 14.6 Å². The first-order valence-corrected chi connectivity index (χ1v) is 9.64. The minimum atomic E-state index is -0.358. The van der Waals surface area contributed by atoms with Crippen LogP contribution < -0.4 is 5.56 Å². The third kappa shape index (κ3) is 4.39. The highest BCUT2D eigenvalue weighted by molar-refractivity contribution is 5.79. The number of piperidine rings is 1. The third-order valence-corrected chi connectivity index (χ3v) is 5.22. The Kier molecular flexibility index (Phi) is 5.46. The number of H-pyrrole nitrogens is 1. The highest BCUT2D eigenvalue weighted by Gasteiger charge is 2.26. The van der Waals surface area contributed by atoms with Gasteiger partial charge in [-0.05, 0) is 36.6 Å². The molecule has 3 heterocycles. The number of aromatic nitrogens is 3. The van der Waals surface area contributed by atoms with Gasteiger partial charge < -0.3 is 9.88 Å². The molecule has 0 saturated carbocycles. The van der Waals surface area contributed by atoms with Gasteiger partial charge in [0.2, 0.25) is 5.91 Å². The van der Waals surface area contributed by atoms with Crippen molar-refractivity contribution in [3.8, 4) is 11.4 Å². The van der Waals surface area contributed by atoms with Crippen LogP contribution in [-0.2, 0) is 11.2 Å². The lowest BCUT2D eigenvalue weighted by Crippen LogP contribution is -2.39. The van der Waals surface area contributed by atoms with Crippen molar-refractivity contribution in [3.63, 3.8) is 0 Å². The highest BCUT2D eigenvalue weighted by Crippen LogP contribution is 2.26. The molecule has 4 rings (SSSR count). The van der Waals surface area contributed by atoms with E-state index in [9.17, 15) is 14.0 Å². The largest absolute Gasteiger partial charge is 0.342 e. The summed E-state index contributed by atoms with van der Waals surface area (Å²) in [5, 5.41) is 0. The van der Waals surface area contributed by atoms with Crippen molar-refractivity contribution in [2.75, 3.05) is 13.1 Å². The summed E-state index contributed by atoms with van der Waals surface area (Å²) >= 11 is 0. The number of hydrogen-bond acceptors (Lipinski definition) is 4. The van der Waals surface area contributed by atoms with Crippen LogP contribution >= 0.6 is 0 Å². The Bertz CT molecular complexity index is 1060. The lowest BCUT2D eigenvalue weighted by atomic mass is 9.95. The number of benzene rings is 1. The molecular weight excluding hydrogens is 371 g/mol. The number of carbonyl (C=O) groups is 1. The fourth-order valence-corrected chi connectivity index (χ4v) is 3.63. The van der Waals surface area contributed by atoms with E-state index in [1.807, 2.05) is 18.2 Å². The van der Waals surface area contributed by atoms with Gasteiger partial charge in [0.25, 0.3) is 5.56 Å². The second-order valence-corrected chi connectivity index (χ2v) is 7.15. The third-order valence-electron chi connectivity index (χ3n) is 5.22. The Hall–Kier alpha value is -3.35. The summed E-state index contributed by atoms with van der Waals surface area (Å²) in [5.41, 5.74) is 1.39. The highest BCUT2D eigenvalue weighted by atomic mass is 19.1. The average molecular weight is 392 g/mol. The molecule has 1 fully saturated rings. The predicted molar refractivity (Wildman–Crippen MR) is 107 cm³/mol. The van der Waals surface area contributed by atoms with E-state index in [-0.39, 0.29) is 29.6 Å². The van der Waals surface area contributed by atoms with Crippen LogP contribution in [-0.4, -0.2) is 38.8 Å². The van der Waals surface area contributed by atoms with Gasteiger partial charge in [-0.25, -0.2) is 9.37 Å². The van der Waals surface area contributed by atoms with Gasteiger partial charge in [-0.2, -0.15) is 0 Å². The molecule has 0 atom stereocenters. The molecule has 2 aromatic heterocycles. The molecule has 1 N–H and O–H groups in total. The van der Waals surface area contributed by atoms with Crippen LogP contribution in [0.4, 0.5) is 4.39 Å². The number of hydrogen-bond donors (Lipinski definition) is 1. The molecule has 1 aromatic carbocycles. The SMILES string of the molecule is O=C(Cc1ccccc1F)N1CCC(c2nc(-c3ccccn3)cc(=O)[nH]2)CC1. The van der Waals surface area contributed by atoms with E-state index in [0.29, 0.717) is 48.7 Å². The molecule has 6 nitrogen and oxygen atoms in total. The average Bonchev–Trinajstić information content (AvgIpc) is 2.75. The molecule has 0 aliphatic carbocycles. The molecule has 0 radical (unpaired) electrons. The molecule has 3 aromatic rings. The van der Waals surface area contributed by atoms with Crippen LogP contribution in [0.25, 0.3) is 11.4 Å². The Balaban J connectivity index is 1.43. The zero-order valence-electron chi connectivity index (χ0n) is 15.8. The van der Waals surface area contributed by atoms with E-state index >= 15 is 0 Å². The van der Waals surface area contributed by atoms with Crippen molar-refractivity contribution in [2.24, 2.45) is 0 Å². The molecule has 1 amide bonds. The summed E-state index contributed by atoms with van der Waals surface area (Å²) in [5.74, 6) is 0.240. The van der Waals surface area contributed by atoms with Gasteiger partial charge in [0.1, 0.15) is 11.6 Å². The molecular formula is C22H21FN4O2. The summed E-state index contributed by atoms with van der Waals surface area (Å²) in [7, 11) is 0. The quantitative estimate of drug-likeness (QED) is 0.741.